The van der Waals surface area contributed by atoms with Crippen LogP contribution in [0.3, 0.4) is 0 Å². The van der Waals surface area contributed by atoms with Gasteiger partial charge in [0, 0.05) is 12.6 Å². The molecule has 1 atom stereocenters. The molecule has 168 valence electrons. The number of hydrogen-bond acceptors (Lipinski definition) is 9. The maximum atomic E-state index is 13.2. The second-order valence-electron chi connectivity index (χ2n) is 7.31. The summed E-state index contributed by atoms with van der Waals surface area (Å²) in [4.78, 5) is 18.0. The largest absolute Gasteiger partial charge is 0.486 e. The molecule has 0 spiro atoms. The van der Waals surface area contributed by atoms with E-state index < -0.39 is 22.0 Å². The summed E-state index contributed by atoms with van der Waals surface area (Å²) in [6.45, 7) is 0.913. The van der Waals surface area contributed by atoms with Crippen molar-refractivity contribution in [3.63, 3.8) is 0 Å². The van der Waals surface area contributed by atoms with E-state index in [9.17, 15) is 13.2 Å². The monoisotopic (exact) mass is 476 g/mol. The second kappa shape index (κ2) is 8.57. The minimum atomic E-state index is -3.91. The first-order valence-electron chi connectivity index (χ1n) is 10.1. The molecule has 0 bridgehead atoms. The molecule has 1 aromatic carbocycles. The number of ether oxygens (including phenoxy) is 3. The summed E-state index contributed by atoms with van der Waals surface area (Å²) in [6, 6.07) is 7.35. The topological polar surface area (TPSA) is 108 Å². The zero-order valence-electron chi connectivity index (χ0n) is 16.9. The molecule has 0 radical (unpaired) electrons. The van der Waals surface area contributed by atoms with Gasteiger partial charge >= 0.3 is 5.97 Å². The highest BCUT2D eigenvalue weighted by atomic mass is 32.2. The molecule has 9 nitrogen and oxygen atoms in total. The van der Waals surface area contributed by atoms with Gasteiger partial charge in [0.05, 0.1) is 9.77 Å². The van der Waals surface area contributed by atoms with Crippen molar-refractivity contribution < 1.29 is 31.8 Å². The minimum Gasteiger partial charge on any atom is -0.486 e. The van der Waals surface area contributed by atoms with Gasteiger partial charge in [0.25, 0.3) is 0 Å². The molecule has 0 N–H and O–H groups in total. The Labute approximate surface area is 188 Å². The summed E-state index contributed by atoms with van der Waals surface area (Å²) in [5, 5.41) is 1.91. The molecule has 2 aliphatic rings. The predicted molar refractivity (Wildman–Crippen MR) is 114 cm³/mol. The van der Waals surface area contributed by atoms with Gasteiger partial charge in [-0.15, -0.1) is 11.3 Å². The van der Waals surface area contributed by atoms with Crippen LogP contribution < -0.4 is 9.47 Å². The van der Waals surface area contributed by atoms with Crippen molar-refractivity contribution in [3.8, 4) is 22.3 Å². The van der Waals surface area contributed by atoms with Crippen molar-refractivity contribution in [2.24, 2.45) is 0 Å². The Balaban J connectivity index is 1.28. The minimum absolute atomic E-state index is 0.0542. The fraction of sp³-hybridized carbons (Fsp3) is 0.333. The van der Waals surface area contributed by atoms with Crippen LogP contribution in [0.4, 0.5) is 0 Å². The molecule has 1 saturated heterocycles. The lowest BCUT2D eigenvalue weighted by Gasteiger charge is -2.24. The Morgan fingerprint density at radius 1 is 1.22 bits per heavy atom. The van der Waals surface area contributed by atoms with Crippen LogP contribution in [-0.2, 0) is 26.2 Å². The molecule has 32 heavy (non-hydrogen) atoms. The molecule has 2 aliphatic heterocycles. The summed E-state index contributed by atoms with van der Waals surface area (Å²) < 4.78 is 49.4. The third kappa shape index (κ3) is 3.98. The van der Waals surface area contributed by atoms with Gasteiger partial charge in [-0.2, -0.15) is 4.31 Å². The molecule has 3 aromatic rings. The van der Waals surface area contributed by atoms with Crippen LogP contribution in [0, 0.1) is 0 Å². The quantitative estimate of drug-likeness (QED) is 0.500. The molecular formula is C21H20N2O7S2. The Kier molecular flexibility index (Phi) is 5.62. The molecule has 0 aliphatic carbocycles. The van der Waals surface area contributed by atoms with Gasteiger partial charge in [-0.25, -0.2) is 13.4 Å². The van der Waals surface area contributed by atoms with Gasteiger partial charge in [-0.05, 0) is 36.4 Å². The molecular weight excluding hydrogens is 456 g/mol. The highest BCUT2D eigenvalue weighted by Gasteiger charge is 2.41. The lowest BCUT2D eigenvalue weighted by molar-refractivity contribution is -0.148. The Morgan fingerprint density at radius 2 is 2.06 bits per heavy atom. The molecule has 0 saturated carbocycles. The van der Waals surface area contributed by atoms with Gasteiger partial charge in [-0.1, -0.05) is 6.07 Å². The summed E-state index contributed by atoms with van der Waals surface area (Å²) in [7, 11) is -3.91. The number of carbonyl (C=O) groups is 1. The van der Waals surface area contributed by atoms with E-state index in [0.29, 0.717) is 49.1 Å². The van der Waals surface area contributed by atoms with Gasteiger partial charge in [0.1, 0.15) is 37.8 Å². The van der Waals surface area contributed by atoms with E-state index >= 15 is 0 Å². The average molecular weight is 477 g/mol. The van der Waals surface area contributed by atoms with Gasteiger partial charge in [-0.3, -0.25) is 4.79 Å². The first kappa shape index (κ1) is 21.0. The Morgan fingerprint density at radius 3 is 2.88 bits per heavy atom. The number of thiophene rings is 1. The number of sulfonamides is 1. The second-order valence-corrected chi connectivity index (χ2v) is 10.1. The van der Waals surface area contributed by atoms with E-state index in [1.54, 1.807) is 6.07 Å². The number of hydrogen-bond donors (Lipinski definition) is 0. The standard InChI is InChI=1S/C21H20N2O7S2/c24-21(30-13-14-12-29-20(22-14)19-4-2-10-31-19)16-3-1-7-23(16)32(25,26)15-5-6-17-18(11-15)28-9-8-27-17/h2,4-6,10-12,16H,1,3,7-9,13H2. The number of benzene rings is 1. The lowest BCUT2D eigenvalue weighted by atomic mass is 10.2. The van der Waals surface area contributed by atoms with Crippen molar-refractivity contribution >= 4 is 27.3 Å². The summed E-state index contributed by atoms with van der Waals surface area (Å²) >= 11 is 1.49. The number of esters is 1. The summed E-state index contributed by atoms with van der Waals surface area (Å²) in [6.07, 6.45) is 2.39. The van der Waals surface area contributed by atoms with Crippen LogP contribution in [0.25, 0.3) is 10.8 Å². The molecule has 0 amide bonds. The Hall–Kier alpha value is -2.89. The SMILES string of the molecule is O=C(OCc1coc(-c2cccs2)n1)C1CCCN1S(=O)(=O)c1ccc2c(c1)OCCO2. The molecule has 2 aromatic heterocycles. The van der Waals surface area contributed by atoms with E-state index in [0.717, 1.165) is 4.88 Å². The number of aromatic nitrogens is 1. The molecule has 11 heteroatoms. The van der Waals surface area contributed by atoms with Gasteiger partial charge in [0.15, 0.2) is 11.5 Å². The predicted octanol–water partition coefficient (Wildman–Crippen LogP) is 3.07. The Bertz CT molecular complexity index is 1220. The average Bonchev–Trinajstić information content (AvgIpc) is 3.58. The van der Waals surface area contributed by atoms with E-state index in [2.05, 4.69) is 4.98 Å². The molecule has 5 rings (SSSR count). The number of rotatable bonds is 6. The van der Waals surface area contributed by atoms with Crippen molar-refractivity contribution in [1.29, 1.82) is 0 Å². The van der Waals surface area contributed by atoms with E-state index in [-0.39, 0.29) is 18.0 Å². The van der Waals surface area contributed by atoms with E-state index in [1.165, 1.54) is 34.0 Å². The molecule has 4 heterocycles. The number of carbonyl (C=O) groups excluding carboxylic acids is 1. The van der Waals surface area contributed by atoms with Gasteiger partial charge in [0.2, 0.25) is 15.9 Å². The van der Waals surface area contributed by atoms with Crippen LogP contribution in [0.1, 0.15) is 18.5 Å². The first-order chi connectivity index (χ1) is 15.5. The molecule has 1 fully saturated rings. The van der Waals surface area contributed by atoms with Crippen molar-refractivity contribution in [2.75, 3.05) is 19.8 Å². The summed E-state index contributed by atoms with van der Waals surface area (Å²) in [5.41, 5.74) is 0.459. The van der Waals surface area contributed by atoms with Crippen LogP contribution in [0.5, 0.6) is 11.5 Å². The van der Waals surface area contributed by atoms with Crippen molar-refractivity contribution in [1.82, 2.24) is 9.29 Å². The van der Waals surface area contributed by atoms with Crippen LogP contribution in [-0.4, -0.2) is 49.5 Å². The lowest BCUT2D eigenvalue weighted by Crippen LogP contribution is -2.41. The number of nitrogens with zero attached hydrogens (tertiary/aromatic N) is 2. The third-order valence-corrected chi connectivity index (χ3v) is 8.00. The van der Waals surface area contributed by atoms with Crippen molar-refractivity contribution in [3.05, 3.63) is 47.7 Å². The maximum Gasteiger partial charge on any atom is 0.324 e. The van der Waals surface area contributed by atoms with Crippen LogP contribution in [0.15, 0.2) is 51.3 Å². The smallest absolute Gasteiger partial charge is 0.324 e. The van der Waals surface area contributed by atoms with Crippen LogP contribution >= 0.6 is 11.3 Å². The van der Waals surface area contributed by atoms with E-state index in [4.69, 9.17) is 18.6 Å². The fourth-order valence-electron chi connectivity index (χ4n) is 3.71. The third-order valence-electron chi connectivity index (χ3n) is 5.24. The zero-order chi connectivity index (χ0) is 22.1. The summed E-state index contributed by atoms with van der Waals surface area (Å²) in [5.74, 6) is 0.726. The maximum absolute atomic E-state index is 13.2. The highest BCUT2D eigenvalue weighted by molar-refractivity contribution is 7.89. The van der Waals surface area contributed by atoms with E-state index in [1.807, 2.05) is 17.5 Å². The number of fused-ring (bicyclic) bond motifs is 1. The number of oxazole rings is 1. The fourth-order valence-corrected chi connectivity index (χ4v) is 6.03. The highest BCUT2D eigenvalue weighted by Crippen LogP contribution is 2.35. The normalized spacial score (nSPS) is 18.6. The zero-order valence-corrected chi connectivity index (χ0v) is 18.6. The van der Waals surface area contributed by atoms with Crippen molar-refractivity contribution in [2.45, 2.75) is 30.4 Å². The van der Waals surface area contributed by atoms with Crippen LogP contribution in [0.2, 0.25) is 0 Å². The molecule has 1 unspecified atom stereocenters. The first-order valence-corrected chi connectivity index (χ1v) is 12.4. The van der Waals surface area contributed by atoms with Gasteiger partial charge < -0.3 is 18.6 Å².